The Kier molecular flexibility index (Phi) is 4.18. The van der Waals surface area contributed by atoms with Crippen LogP contribution in [-0.2, 0) is 0 Å². The Morgan fingerprint density at radius 2 is 1.88 bits per heavy atom. The van der Waals surface area contributed by atoms with Crippen LogP contribution in [0.2, 0.25) is 0 Å². The van der Waals surface area contributed by atoms with E-state index in [-0.39, 0.29) is 0 Å². The summed E-state index contributed by atoms with van der Waals surface area (Å²) in [5.41, 5.74) is 0.588. The number of hydrogen-bond acceptors (Lipinski definition) is 1. The van der Waals surface area contributed by atoms with Gasteiger partial charge in [-0.3, -0.25) is 0 Å². The Bertz CT molecular complexity index is 232. The molecule has 0 spiro atoms. The van der Waals surface area contributed by atoms with Gasteiger partial charge in [-0.2, -0.15) is 0 Å². The number of rotatable bonds is 3. The molecule has 0 aromatic rings. The quantitative estimate of drug-likeness (QED) is 0.706. The van der Waals surface area contributed by atoms with Crippen molar-refractivity contribution in [2.75, 3.05) is 13.6 Å². The fourth-order valence-corrected chi connectivity index (χ4v) is 4.82. The van der Waals surface area contributed by atoms with Gasteiger partial charge in [0.2, 0.25) is 0 Å². The Morgan fingerprint density at radius 3 is 2.35 bits per heavy atom. The second-order valence-electron chi connectivity index (χ2n) is 7.04. The zero-order valence-electron chi connectivity index (χ0n) is 12.3. The van der Waals surface area contributed by atoms with Crippen LogP contribution in [0.3, 0.4) is 0 Å². The van der Waals surface area contributed by atoms with Gasteiger partial charge in [-0.15, -0.1) is 0 Å². The molecule has 3 atom stereocenters. The molecule has 0 amide bonds. The Hall–Kier alpha value is -0.0400. The van der Waals surface area contributed by atoms with Gasteiger partial charge in [-0.05, 0) is 37.6 Å². The minimum absolute atomic E-state index is 0.588. The molecule has 1 saturated carbocycles. The average molecular weight is 237 g/mol. The summed E-state index contributed by atoms with van der Waals surface area (Å²) in [4.78, 5) is 2.57. The van der Waals surface area contributed by atoms with E-state index in [1.54, 1.807) is 0 Å². The number of hydrogen-bond donors (Lipinski definition) is 0. The van der Waals surface area contributed by atoms with Gasteiger partial charge in [0, 0.05) is 12.6 Å². The molecule has 1 heterocycles. The van der Waals surface area contributed by atoms with E-state index < -0.39 is 0 Å². The largest absolute Gasteiger partial charge is 0.303 e. The van der Waals surface area contributed by atoms with Gasteiger partial charge < -0.3 is 4.90 Å². The van der Waals surface area contributed by atoms with Crippen LogP contribution in [-0.4, -0.2) is 24.5 Å². The van der Waals surface area contributed by atoms with Crippen molar-refractivity contribution in [1.82, 2.24) is 4.90 Å². The van der Waals surface area contributed by atoms with Crippen molar-refractivity contribution < 1.29 is 0 Å². The first-order valence-electron chi connectivity index (χ1n) is 7.77. The third kappa shape index (κ3) is 2.70. The van der Waals surface area contributed by atoms with Crippen LogP contribution < -0.4 is 0 Å². The van der Waals surface area contributed by atoms with E-state index in [1.165, 1.54) is 51.5 Å². The molecule has 2 rings (SSSR count). The van der Waals surface area contributed by atoms with Crippen molar-refractivity contribution >= 4 is 0 Å². The fraction of sp³-hybridized carbons (Fsp3) is 1.00. The molecule has 1 heteroatoms. The summed E-state index contributed by atoms with van der Waals surface area (Å²) in [5.74, 6) is 1.99. The normalized spacial score (nSPS) is 38.5. The van der Waals surface area contributed by atoms with Crippen LogP contribution in [0.1, 0.15) is 65.7 Å². The van der Waals surface area contributed by atoms with Gasteiger partial charge >= 0.3 is 0 Å². The maximum Gasteiger partial charge on any atom is 0.00698 e. The predicted octanol–water partition coefficient (Wildman–Crippen LogP) is 4.32. The molecule has 0 bridgehead atoms. The summed E-state index contributed by atoms with van der Waals surface area (Å²) in [6.45, 7) is 8.71. The Morgan fingerprint density at radius 1 is 1.24 bits per heavy atom. The molecule has 2 aliphatic rings. The van der Waals surface area contributed by atoms with Crippen molar-refractivity contribution in [2.45, 2.75) is 71.8 Å². The van der Waals surface area contributed by atoms with Gasteiger partial charge in [-0.25, -0.2) is 0 Å². The van der Waals surface area contributed by atoms with Crippen LogP contribution in [0.15, 0.2) is 0 Å². The lowest BCUT2D eigenvalue weighted by Crippen LogP contribution is -2.35. The van der Waals surface area contributed by atoms with E-state index in [2.05, 4.69) is 32.7 Å². The molecule has 1 saturated heterocycles. The molecule has 3 unspecified atom stereocenters. The highest BCUT2D eigenvalue weighted by Gasteiger charge is 2.44. The SMILES string of the molecule is CCC(C1CCCCC1)C1(C)CC(C)N(C)C1. The van der Waals surface area contributed by atoms with Gasteiger partial charge in [-0.1, -0.05) is 52.4 Å². The van der Waals surface area contributed by atoms with E-state index in [0.717, 1.165) is 17.9 Å². The first kappa shape index (κ1) is 13.4. The van der Waals surface area contributed by atoms with Crippen molar-refractivity contribution in [3.63, 3.8) is 0 Å². The highest BCUT2D eigenvalue weighted by atomic mass is 15.2. The van der Waals surface area contributed by atoms with E-state index in [9.17, 15) is 0 Å². The molecular weight excluding hydrogens is 206 g/mol. The summed E-state index contributed by atoms with van der Waals surface area (Å²) in [6, 6.07) is 0.789. The first-order chi connectivity index (χ1) is 8.07. The van der Waals surface area contributed by atoms with Gasteiger partial charge in [0.05, 0.1) is 0 Å². The molecule has 1 nitrogen and oxygen atoms in total. The van der Waals surface area contributed by atoms with Crippen LogP contribution in [0, 0.1) is 17.3 Å². The maximum absolute atomic E-state index is 2.57. The maximum atomic E-state index is 2.57. The topological polar surface area (TPSA) is 3.24 Å². The molecule has 100 valence electrons. The molecular formula is C16H31N. The molecule has 0 aromatic heterocycles. The first-order valence-corrected chi connectivity index (χ1v) is 7.77. The molecule has 17 heavy (non-hydrogen) atoms. The predicted molar refractivity (Wildman–Crippen MR) is 75.2 cm³/mol. The second-order valence-corrected chi connectivity index (χ2v) is 7.04. The highest BCUT2D eigenvalue weighted by Crippen LogP contribution is 2.48. The average Bonchev–Trinajstić information content (AvgIpc) is 2.56. The Labute approximate surface area is 108 Å². The molecule has 0 radical (unpaired) electrons. The van der Waals surface area contributed by atoms with Crippen LogP contribution >= 0.6 is 0 Å². The van der Waals surface area contributed by atoms with Gasteiger partial charge in [0.25, 0.3) is 0 Å². The zero-order chi connectivity index (χ0) is 12.5. The van der Waals surface area contributed by atoms with Crippen molar-refractivity contribution in [1.29, 1.82) is 0 Å². The third-order valence-corrected chi connectivity index (χ3v) is 5.68. The van der Waals surface area contributed by atoms with Crippen LogP contribution in [0.4, 0.5) is 0 Å². The van der Waals surface area contributed by atoms with E-state index in [1.807, 2.05) is 0 Å². The molecule has 0 N–H and O–H groups in total. The van der Waals surface area contributed by atoms with E-state index in [0.29, 0.717) is 5.41 Å². The lowest BCUT2D eigenvalue weighted by Gasteiger charge is -2.41. The summed E-state index contributed by atoms with van der Waals surface area (Å²) in [6.07, 6.45) is 10.3. The summed E-state index contributed by atoms with van der Waals surface area (Å²) in [7, 11) is 2.31. The summed E-state index contributed by atoms with van der Waals surface area (Å²) in [5, 5.41) is 0. The number of nitrogens with zero attached hydrogens (tertiary/aromatic N) is 1. The molecule has 0 aromatic carbocycles. The summed E-state index contributed by atoms with van der Waals surface area (Å²) >= 11 is 0. The molecule has 2 fully saturated rings. The van der Waals surface area contributed by atoms with E-state index in [4.69, 9.17) is 0 Å². The monoisotopic (exact) mass is 237 g/mol. The summed E-state index contributed by atoms with van der Waals surface area (Å²) < 4.78 is 0. The smallest absolute Gasteiger partial charge is 0.00698 e. The molecule has 1 aliphatic heterocycles. The standard InChI is InChI=1S/C16H31N/c1-5-15(14-9-7-6-8-10-14)16(3)11-13(2)17(4)12-16/h13-15H,5-12H2,1-4H3. The van der Waals surface area contributed by atoms with Gasteiger partial charge in [0.15, 0.2) is 0 Å². The highest BCUT2D eigenvalue weighted by molar-refractivity contribution is 4.96. The lowest BCUT2D eigenvalue weighted by molar-refractivity contribution is 0.0957. The minimum atomic E-state index is 0.588. The number of likely N-dealkylation sites (tertiary alicyclic amines) is 1. The van der Waals surface area contributed by atoms with E-state index >= 15 is 0 Å². The minimum Gasteiger partial charge on any atom is -0.303 e. The third-order valence-electron chi connectivity index (χ3n) is 5.68. The van der Waals surface area contributed by atoms with Crippen molar-refractivity contribution in [2.24, 2.45) is 17.3 Å². The fourth-order valence-electron chi connectivity index (χ4n) is 4.82. The zero-order valence-corrected chi connectivity index (χ0v) is 12.3. The van der Waals surface area contributed by atoms with Gasteiger partial charge in [0.1, 0.15) is 0 Å². The second kappa shape index (κ2) is 5.30. The lowest BCUT2D eigenvalue weighted by atomic mass is 9.64. The van der Waals surface area contributed by atoms with Crippen LogP contribution in [0.5, 0.6) is 0 Å². The van der Waals surface area contributed by atoms with Crippen molar-refractivity contribution in [3.05, 3.63) is 0 Å². The Balaban J connectivity index is 2.06. The molecule has 1 aliphatic carbocycles. The van der Waals surface area contributed by atoms with Crippen molar-refractivity contribution in [3.8, 4) is 0 Å². The van der Waals surface area contributed by atoms with Crippen LogP contribution in [0.25, 0.3) is 0 Å².